The molecule has 0 spiro atoms. The Morgan fingerprint density at radius 3 is 2.69 bits per heavy atom. The predicted octanol–water partition coefficient (Wildman–Crippen LogP) is 5.95. The van der Waals surface area contributed by atoms with Crippen molar-refractivity contribution in [2.24, 2.45) is 4.99 Å². The number of hydrogen-bond donors (Lipinski definition) is 2. The van der Waals surface area contributed by atoms with E-state index in [2.05, 4.69) is 45.6 Å². The molecule has 0 saturated heterocycles. The van der Waals surface area contributed by atoms with Crippen molar-refractivity contribution in [1.29, 1.82) is 0 Å². The molecule has 2 N–H and O–H groups in total. The molecule has 0 aliphatic carbocycles. The van der Waals surface area contributed by atoms with E-state index in [1.54, 1.807) is 0 Å². The normalized spacial score (nSPS) is 14.1. The van der Waals surface area contributed by atoms with E-state index < -0.39 is 0 Å². The van der Waals surface area contributed by atoms with Gasteiger partial charge in [0.15, 0.2) is 0 Å². The van der Waals surface area contributed by atoms with Crippen LogP contribution >= 0.6 is 11.6 Å². The lowest BCUT2D eigenvalue weighted by atomic mass is 10.0. The zero-order chi connectivity index (χ0) is 24.7. The van der Waals surface area contributed by atoms with Gasteiger partial charge in [-0.05, 0) is 61.3 Å². The van der Waals surface area contributed by atoms with E-state index in [9.17, 15) is 4.79 Å². The standard InChI is InChI=1S/C29H30ClN3O3/c30-25-18-20(26-10-7-21(34)12-14-32-26)6-11-29(25)36-17-15-31-13-3-16-35-22-8-9-24-23-4-1-2-5-27(23)33-28(24)19-22/h1-2,4-6,8-9,11,18-19,31,33H,3,7,10,12-17H2. The first kappa shape index (κ1) is 24.3. The van der Waals surface area contributed by atoms with Crippen molar-refractivity contribution in [2.45, 2.75) is 25.7 Å². The van der Waals surface area contributed by atoms with Gasteiger partial charge in [-0.15, -0.1) is 0 Å². The third kappa shape index (κ3) is 5.89. The van der Waals surface area contributed by atoms with Crippen LogP contribution in [0.4, 0.5) is 0 Å². The maximum atomic E-state index is 11.6. The number of fused-ring (bicyclic) bond motifs is 3. The summed E-state index contributed by atoms with van der Waals surface area (Å²) in [6.07, 6.45) is 2.63. The number of para-hydroxylation sites is 1. The SMILES string of the molecule is O=C1CCN=C(c2ccc(OCCNCCCOc3ccc4c(c3)[nH]c3ccccc34)c(Cl)c2)CC1. The fourth-order valence-electron chi connectivity index (χ4n) is 4.48. The minimum absolute atomic E-state index is 0.269. The number of ether oxygens (including phenoxy) is 2. The quantitative estimate of drug-likeness (QED) is 0.262. The van der Waals surface area contributed by atoms with Crippen molar-refractivity contribution in [3.63, 3.8) is 0 Å². The molecular weight excluding hydrogens is 474 g/mol. The first-order chi connectivity index (χ1) is 17.7. The van der Waals surface area contributed by atoms with Crippen molar-refractivity contribution < 1.29 is 14.3 Å². The number of aromatic amines is 1. The highest BCUT2D eigenvalue weighted by atomic mass is 35.5. The topological polar surface area (TPSA) is 75.7 Å². The molecule has 0 bridgehead atoms. The summed E-state index contributed by atoms with van der Waals surface area (Å²) in [5.41, 5.74) is 4.14. The molecule has 2 heterocycles. The molecule has 1 aliphatic rings. The molecule has 7 heteroatoms. The lowest BCUT2D eigenvalue weighted by Crippen LogP contribution is -2.23. The summed E-state index contributed by atoms with van der Waals surface area (Å²) in [4.78, 5) is 19.6. The number of halogens is 1. The Labute approximate surface area is 215 Å². The molecule has 0 unspecified atom stereocenters. The number of H-pyrrole nitrogens is 1. The number of hydrogen-bond acceptors (Lipinski definition) is 5. The van der Waals surface area contributed by atoms with Gasteiger partial charge in [0, 0.05) is 54.0 Å². The second-order valence-corrected chi connectivity index (χ2v) is 9.35. The molecule has 0 radical (unpaired) electrons. The van der Waals surface area contributed by atoms with Gasteiger partial charge in [-0.2, -0.15) is 0 Å². The Morgan fingerprint density at radius 2 is 1.78 bits per heavy atom. The number of nitrogens with one attached hydrogen (secondary N) is 2. The Morgan fingerprint density at radius 1 is 0.889 bits per heavy atom. The summed E-state index contributed by atoms with van der Waals surface area (Å²) in [5.74, 6) is 1.80. The summed E-state index contributed by atoms with van der Waals surface area (Å²) in [7, 11) is 0. The van der Waals surface area contributed by atoms with Crippen molar-refractivity contribution in [2.75, 3.05) is 32.8 Å². The van der Waals surface area contributed by atoms with Crippen LogP contribution in [0, 0.1) is 0 Å². The Hall–Kier alpha value is -3.35. The van der Waals surface area contributed by atoms with Crippen LogP contribution in [0.5, 0.6) is 11.5 Å². The number of Topliss-reactive ketones (excluding diaryl/α,β-unsaturated/α-hetero) is 1. The van der Waals surface area contributed by atoms with Crippen molar-refractivity contribution in [1.82, 2.24) is 10.3 Å². The van der Waals surface area contributed by atoms with Gasteiger partial charge in [0.25, 0.3) is 0 Å². The number of rotatable bonds is 10. The van der Waals surface area contributed by atoms with Gasteiger partial charge in [0.1, 0.15) is 23.9 Å². The molecule has 0 atom stereocenters. The summed E-state index contributed by atoms with van der Waals surface area (Å²) in [6, 6.07) is 20.2. The molecule has 0 fully saturated rings. The second-order valence-electron chi connectivity index (χ2n) is 8.94. The van der Waals surface area contributed by atoms with Gasteiger partial charge in [-0.3, -0.25) is 9.79 Å². The molecule has 186 valence electrons. The van der Waals surface area contributed by atoms with Crippen molar-refractivity contribution in [3.05, 3.63) is 71.2 Å². The first-order valence-corrected chi connectivity index (χ1v) is 12.9. The van der Waals surface area contributed by atoms with Gasteiger partial charge >= 0.3 is 0 Å². The zero-order valence-electron chi connectivity index (χ0n) is 20.2. The Kier molecular flexibility index (Phi) is 7.84. The van der Waals surface area contributed by atoms with E-state index in [0.717, 1.165) is 41.0 Å². The molecule has 0 saturated carbocycles. The number of carbonyl (C=O) groups excluding carboxylic acids is 1. The molecule has 4 aromatic rings. The molecule has 1 aliphatic heterocycles. The van der Waals surface area contributed by atoms with Crippen LogP contribution < -0.4 is 14.8 Å². The lowest BCUT2D eigenvalue weighted by molar-refractivity contribution is -0.118. The van der Waals surface area contributed by atoms with Crippen molar-refractivity contribution in [3.8, 4) is 11.5 Å². The molecule has 6 nitrogen and oxygen atoms in total. The number of aliphatic imine (C=N–C) groups is 1. The minimum Gasteiger partial charge on any atom is -0.493 e. The van der Waals surface area contributed by atoms with Crippen LogP contribution in [0.2, 0.25) is 5.02 Å². The van der Waals surface area contributed by atoms with Crippen LogP contribution in [0.3, 0.4) is 0 Å². The maximum absolute atomic E-state index is 11.6. The molecular formula is C29H30ClN3O3. The summed E-state index contributed by atoms with van der Waals surface area (Å²) in [5, 5.41) is 6.38. The lowest BCUT2D eigenvalue weighted by Gasteiger charge is -2.11. The van der Waals surface area contributed by atoms with Gasteiger partial charge in [0.05, 0.1) is 17.1 Å². The molecule has 36 heavy (non-hydrogen) atoms. The van der Waals surface area contributed by atoms with Crippen LogP contribution in [0.25, 0.3) is 21.8 Å². The number of carbonyl (C=O) groups is 1. The van der Waals surface area contributed by atoms with Crippen LogP contribution in [0.15, 0.2) is 65.7 Å². The van der Waals surface area contributed by atoms with E-state index in [-0.39, 0.29) is 5.78 Å². The Balaban J connectivity index is 1.01. The average molecular weight is 504 g/mol. The number of aromatic nitrogens is 1. The second kappa shape index (κ2) is 11.6. The predicted molar refractivity (Wildman–Crippen MR) is 146 cm³/mol. The van der Waals surface area contributed by atoms with Gasteiger partial charge in [-0.1, -0.05) is 29.8 Å². The average Bonchev–Trinajstić information content (AvgIpc) is 3.11. The summed E-state index contributed by atoms with van der Waals surface area (Å²) in [6.45, 7) is 3.27. The zero-order valence-corrected chi connectivity index (χ0v) is 20.9. The van der Waals surface area contributed by atoms with E-state index >= 15 is 0 Å². The molecule has 1 aromatic heterocycles. The van der Waals surface area contributed by atoms with E-state index in [4.69, 9.17) is 21.1 Å². The third-order valence-electron chi connectivity index (χ3n) is 6.38. The fourth-order valence-corrected chi connectivity index (χ4v) is 4.71. The highest BCUT2D eigenvalue weighted by Gasteiger charge is 2.13. The van der Waals surface area contributed by atoms with Crippen molar-refractivity contribution >= 4 is 44.9 Å². The Bertz CT molecular complexity index is 1400. The molecule has 5 rings (SSSR count). The highest BCUT2D eigenvalue weighted by Crippen LogP contribution is 2.28. The van der Waals surface area contributed by atoms with Gasteiger partial charge in [0.2, 0.25) is 0 Å². The number of benzene rings is 3. The van der Waals surface area contributed by atoms with Crippen LogP contribution in [-0.2, 0) is 4.79 Å². The van der Waals surface area contributed by atoms with Crippen LogP contribution in [0.1, 0.15) is 31.2 Å². The monoisotopic (exact) mass is 503 g/mol. The van der Waals surface area contributed by atoms with E-state index in [1.165, 1.54) is 10.8 Å². The van der Waals surface area contributed by atoms with Gasteiger partial charge in [-0.25, -0.2) is 0 Å². The molecule has 3 aromatic carbocycles. The first-order valence-electron chi connectivity index (χ1n) is 12.5. The number of nitrogens with zero attached hydrogens (tertiary/aromatic N) is 1. The van der Waals surface area contributed by atoms with Crippen LogP contribution in [-0.4, -0.2) is 49.3 Å². The summed E-state index contributed by atoms with van der Waals surface area (Å²) < 4.78 is 11.8. The van der Waals surface area contributed by atoms with Gasteiger partial charge < -0.3 is 19.8 Å². The number of ketones is 1. The largest absolute Gasteiger partial charge is 0.493 e. The smallest absolute Gasteiger partial charge is 0.137 e. The third-order valence-corrected chi connectivity index (χ3v) is 6.68. The minimum atomic E-state index is 0.269. The maximum Gasteiger partial charge on any atom is 0.137 e. The molecule has 0 amide bonds. The van der Waals surface area contributed by atoms with E-state index in [0.29, 0.717) is 56.3 Å². The van der Waals surface area contributed by atoms with E-state index in [1.807, 2.05) is 30.3 Å². The highest BCUT2D eigenvalue weighted by molar-refractivity contribution is 6.32. The summed E-state index contributed by atoms with van der Waals surface area (Å²) >= 11 is 6.43. The fraction of sp³-hybridized carbons (Fsp3) is 0.310.